The van der Waals surface area contributed by atoms with E-state index in [4.69, 9.17) is 21.1 Å². The van der Waals surface area contributed by atoms with Gasteiger partial charge in [0.15, 0.2) is 0 Å². The second-order valence-electron chi connectivity index (χ2n) is 6.21. The lowest BCUT2D eigenvalue weighted by Crippen LogP contribution is -2.46. The monoisotopic (exact) mass is 375 g/mol. The molecule has 6 nitrogen and oxygen atoms in total. The van der Waals surface area contributed by atoms with Crippen molar-refractivity contribution in [3.8, 4) is 11.5 Å². The number of hydrazine groups is 1. The summed E-state index contributed by atoms with van der Waals surface area (Å²) >= 11 is 6.13. The molecule has 0 aromatic heterocycles. The van der Waals surface area contributed by atoms with Crippen molar-refractivity contribution in [1.82, 2.24) is 16.2 Å². The van der Waals surface area contributed by atoms with Crippen LogP contribution in [0.1, 0.15) is 28.8 Å². The van der Waals surface area contributed by atoms with E-state index in [-0.39, 0.29) is 24.0 Å². The molecule has 1 saturated heterocycles. The Morgan fingerprint density at radius 2 is 1.77 bits per heavy atom. The molecular weight excluding hydrogens is 354 g/mol. The molecule has 26 heavy (non-hydrogen) atoms. The van der Waals surface area contributed by atoms with Crippen molar-refractivity contribution in [1.29, 1.82) is 0 Å². The number of methoxy groups -OCH3 is 2. The predicted molar refractivity (Wildman–Crippen MR) is 101 cm³/mol. The van der Waals surface area contributed by atoms with Crippen molar-refractivity contribution in [2.24, 2.45) is 0 Å². The van der Waals surface area contributed by atoms with Crippen molar-refractivity contribution in [2.45, 2.75) is 25.0 Å². The molecule has 1 heterocycles. The third-order valence-electron chi connectivity index (χ3n) is 4.50. The molecular formula is C19H22ClN3O3. The highest BCUT2D eigenvalue weighted by atomic mass is 35.5. The summed E-state index contributed by atoms with van der Waals surface area (Å²) in [4.78, 5) is 12.8. The number of ether oxygens (including phenoxy) is 2. The van der Waals surface area contributed by atoms with Gasteiger partial charge in [0.25, 0.3) is 5.91 Å². The van der Waals surface area contributed by atoms with Crippen LogP contribution < -0.4 is 25.6 Å². The first kappa shape index (κ1) is 18.5. The predicted octanol–water partition coefficient (Wildman–Crippen LogP) is 2.69. The molecule has 3 atom stereocenters. The standard InChI is InChI=1S/C19H22ClN3O3/c1-11-17(12-5-4-6-14(20)7-12)18(23-22-11)21-19(24)13-8-15(25-2)10-16(9-13)26-3/h4-11,17-18,22-23H,1-3H3,(H,21,24). The number of hydrogen-bond donors (Lipinski definition) is 3. The van der Waals surface area contributed by atoms with Crippen LogP contribution in [0.5, 0.6) is 11.5 Å². The quantitative estimate of drug-likeness (QED) is 0.749. The molecule has 3 unspecified atom stereocenters. The molecule has 138 valence electrons. The van der Waals surface area contributed by atoms with Gasteiger partial charge in [0.1, 0.15) is 17.7 Å². The Bertz CT molecular complexity index is 777. The molecule has 0 aliphatic carbocycles. The third kappa shape index (κ3) is 3.93. The van der Waals surface area contributed by atoms with E-state index in [1.54, 1.807) is 32.4 Å². The van der Waals surface area contributed by atoms with E-state index in [2.05, 4.69) is 23.1 Å². The number of carbonyl (C=O) groups is 1. The first-order valence-electron chi connectivity index (χ1n) is 8.32. The Morgan fingerprint density at radius 1 is 1.08 bits per heavy atom. The van der Waals surface area contributed by atoms with Crippen LogP contribution >= 0.6 is 11.6 Å². The van der Waals surface area contributed by atoms with Gasteiger partial charge in [-0.05, 0) is 36.8 Å². The van der Waals surface area contributed by atoms with E-state index in [9.17, 15) is 4.79 Å². The fraction of sp³-hybridized carbons (Fsp3) is 0.316. The molecule has 0 radical (unpaired) electrons. The number of rotatable bonds is 5. The zero-order valence-electron chi connectivity index (χ0n) is 14.9. The number of amides is 1. The topological polar surface area (TPSA) is 71.6 Å². The molecule has 3 N–H and O–H groups in total. The van der Waals surface area contributed by atoms with Crippen molar-refractivity contribution in [2.75, 3.05) is 14.2 Å². The van der Waals surface area contributed by atoms with E-state index in [1.165, 1.54) is 0 Å². The van der Waals surface area contributed by atoms with E-state index in [0.29, 0.717) is 22.1 Å². The van der Waals surface area contributed by atoms with Gasteiger partial charge in [-0.25, -0.2) is 5.43 Å². The molecule has 1 aliphatic heterocycles. The van der Waals surface area contributed by atoms with Gasteiger partial charge in [-0.2, -0.15) is 0 Å². The van der Waals surface area contributed by atoms with Gasteiger partial charge in [0.2, 0.25) is 0 Å². The Kier molecular flexibility index (Phi) is 5.66. The van der Waals surface area contributed by atoms with Crippen LogP contribution in [0, 0.1) is 0 Å². The zero-order valence-corrected chi connectivity index (χ0v) is 15.6. The summed E-state index contributed by atoms with van der Waals surface area (Å²) in [6, 6.07) is 12.9. The zero-order chi connectivity index (χ0) is 18.7. The number of carbonyl (C=O) groups excluding carboxylic acids is 1. The van der Waals surface area contributed by atoms with E-state index < -0.39 is 0 Å². The number of halogens is 1. The molecule has 7 heteroatoms. The van der Waals surface area contributed by atoms with Crippen molar-refractivity contribution in [3.63, 3.8) is 0 Å². The van der Waals surface area contributed by atoms with Crippen LogP contribution in [0.2, 0.25) is 5.02 Å². The fourth-order valence-electron chi connectivity index (χ4n) is 3.17. The fourth-order valence-corrected chi connectivity index (χ4v) is 3.37. The lowest BCUT2D eigenvalue weighted by molar-refractivity contribution is 0.0927. The normalized spacial score (nSPS) is 22.1. The largest absolute Gasteiger partial charge is 0.497 e. The van der Waals surface area contributed by atoms with Crippen molar-refractivity contribution >= 4 is 17.5 Å². The first-order chi connectivity index (χ1) is 12.5. The van der Waals surface area contributed by atoms with Crippen molar-refractivity contribution in [3.05, 3.63) is 58.6 Å². The lowest BCUT2D eigenvalue weighted by Gasteiger charge is -2.23. The summed E-state index contributed by atoms with van der Waals surface area (Å²) in [6.07, 6.45) is -0.284. The Balaban J connectivity index is 1.82. The number of hydrogen-bond acceptors (Lipinski definition) is 5. The maximum absolute atomic E-state index is 12.8. The summed E-state index contributed by atoms with van der Waals surface area (Å²) in [7, 11) is 3.10. The Labute approximate surface area is 157 Å². The van der Waals surface area contributed by atoms with Crippen molar-refractivity contribution < 1.29 is 14.3 Å². The maximum Gasteiger partial charge on any atom is 0.252 e. The van der Waals surface area contributed by atoms with Gasteiger partial charge in [-0.3, -0.25) is 10.2 Å². The molecule has 0 bridgehead atoms. The summed E-state index contributed by atoms with van der Waals surface area (Å²) in [5.41, 5.74) is 7.84. The first-order valence-corrected chi connectivity index (χ1v) is 8.70. The second-order valence-corrected chi connectivity index (χ2v) is 6.65. The van der Waals surface area contributed by atoms with Crippen LogP contribution in [0.25, 0.3) is 0 Å². The molecule has 0 saturated carbocycles. The molecule has 1 fully saturated rings. The van der Waals surface area contributed by atoms with Crippen LogP contribution in [0.3, 0.4) is 0 Å². The minimum atomic E-state index is -0.284. The maximum atomic E-state index is 12.8. The summed E-state index contributed by atoms with van der Waals surface area (Å²) in [5, 5.41) is 3.70. The highest BCUT2D eigenvalue weighted by Gasteiger charge is 2.35. The highest BCUT2D eigenvalue weighted by Crippen LogP contribution is 2.28. The van der Waals surface area contributed by atoms with E-state index >= 15 is 0 Å². The number of benzene rings is 2. The lowest BCUT2D eigenvalue weighted by atomic mass is 9.91. The van der Waals surface area contributed by atoms with Crippen LogP contribution in [0.15, 0.2) is 42.5 Å². The Hall–Kier alpha value is -2.28. The molecule has 3 rings (SSSR count). The molecule has 0 spiro atoms. The van der Waals surface area contributed by atoms with E-state index in [0.717, 1.165) is 5.56 Å². The molecule has 2 aromatic carbocycles. The highest BCUT2D eigenvalue weighted by molar-refractivity contribution is 6.30. The van der Waals surface area contributed by atoms with E-state index in [1.807, 2.05) is 24.3 Å². The smallest absolute Gasteiger partial charge is 0.252 e. The SMILES string of the molecule is COc1cc(OC)cc(C(=O)NC2NNC(C)C2c2cccc(Cl)c2)c1. The summed E-state index contributed by atoms with van der Waals surface area (Å²) in [6.45, 7) is 2.05. The van der Waals surface area contributed by atoms with Crippen LogP contribution in [0.4, 0.5) is 0 Å². The Morgan fingerprint density at radius 3 is 2.38 bits per heavy atom. The summed E-state index contributed by atoms with van der Waals surface area (Å²) < 4.78 is 10.5. The molecule has 1 aliphatic rings. The number of nitrogens with one attached hydrogen (secondary N) is 3. The second kappa shape index (κ2) is 7.95. The van der Waals surface area contributed by atoms with Gasteiger partial charge in [0.05, 0.1) is 14.2 Å². The van der Waals surface area contributed by atoms with Gasteiger partial charge < -0.3 is 14.8 Å². The molecule has 1 amide bonds. The van der Waals surface area contributed by atoms with Gasteiger partial charge in [-0.1, -0.05) is 23.7 Å². The van der Waals surface area contributed by atoms with Crippen LogP contribution in [-0.4, -0.2) is 32.3 Å². The van der Waals surface area contributed by atoms with Gasteiger partial charge in [0, 0.05) is 28.6 Å². The van der Waals surface area contributed by atoms with Gasteiger partial charge in [-0.15, -0.1) is 0 Å². The third-order valence-corrected chi connectivity index (χ3v) is 4.73. The van der Waals surface area contributed by atoms with Crippen LogP contribution in [-0.2, 0) is 0 Å². The average Bonchev–Trinajstić information content (AvgIpc) is 3.01. The van der Waals surface area contributed by atoms with Gasteiger partial charge >= 0.3 is 0 Å². The minimum Gasteiger partial charge on any atom is -0.497 e. The minimum absolute atomic E-state index is 0.0325. The average molecular weight is 376 g/mol. The summed E-state index contributed by atoms with van der Waals surface area (Å²) in [5.74, 6) is 0.936. The molecule has 2 aromatic rings.